The van der Waals surface area contributed by atoms with Crippen LogP contribution < -0.4 is 10.6 Å². The fourth-order valence-electron chi connectivity index (χ4n) is 2.43. The van der Waals surface area contributed by atoms with Gasteiger partial charge in [0, 0.05) is 38.9 Å². The predicted octanol–water partition coefficient (Wildman–Crippen LogP) is 2.04. The Bertz CT molecular complexity index is 532. The molecular weight excluding hydrogens is 331 g/mol. The first-order valence-electron chi connectivity index (χ1n) is 7.22. The van der Waals surface area contributed by atoms with Crippen molar-refractivity contribution in [2.45, 2.75) is 25.2 Å². The number of guanidine groups is 1. The van der Waals surface area contributed by atoms with E-state index >= 15 is 0 Å². The lowest BCUT2D eigenvalue weighted by Gasteiger charge is -2.19. The van der Waals surface area contributed by atoms with Gasteiger partial charge in [-0.3, -0.25) is 9.89 Å². The Kier molecular flexibility index (Phi) is 6.06. The van der Waals surface area contributed by atoms with Crippen molar-refractivity contribution in [1.29, 1.82) is 0 Å². The Hall–Kier alpha value is -1.54. The molecule has 2 N–H and O–H groups in total. The normalized spacial score (nSPS) is 19.9. The van der Waals surface area contributed by atoms with Crippen molar-refractivity contribution in [3.05, 3.63) is 29.0 Å². The molecule has 1 aliphatic heterocycles. The van der Waals surface area contributed by atoms with Crippen molar-refractivity contribution >= 4 is 17.6 Å². The van der Waals surface area contributed by atoms with Crippen molar-refractivity contribution in [3.8, 4) is 0 Å². The molecule has 0 saturated carbocycles. The zero-order chi connectivity index (χ0) is 16.9. The lowest BCUT2D eigenvalue weighted by atomic mass is 10.2. The van der Waals surface area contributed by atoms with Crippen LogP contribution in [0, 0.1) is 0 Å². The average molecular weight is 350 g/mol. The molecule has 0 aliphatic carbocycles. The van der Waals surface area contributed by atoms with Crippen LogP contribution in [0.4, 0.5) is 13.2 Å². The number of hydrogen-bond acceptors (Lipinski definition) is 3. The summed E-state index contributed by atoms with van der Waals surface area (Å²) in [6, 6.07) is 3.49. The molecule has 1 saturated heterocycles. The van der Waals surface area contributed by atoms with Crippen LogP contribution in [-0.4, -0.2) is 54.7 Å². The standard InChI is InChI=1S/C14H19ClF3N5/c1-19-13(21-7-10-2-3-12(15)20-6-10)22-11-4-5-23(8-11)9-14(16,17)18/h2-3,6,11H,4-5,7-9H2,1H3,(H2,19,21,22). The van der Waals surface area contributed by atoms with Crippen molar-refractivity contribution in [1.82, 2.24) is 20.5 Å². The minimum Gasteiger partial charge on any atom is -0.352 e. The van der Waals surface area contributed by atoms with Crippen molar-refractivity contribution in [2.24, 2.45) is 4.99 Å². The molecule has 0 spiro atoms. The summed E-state index contributed by atoms with van der Waals surface area (Å²) < 4.78 is 37.2. The highest BCUT2D eigenvalue weighted by atomic mass is 35.5. The van der Waals surface area contributed by atoms with Crippen LogP contribution in [-0.2, 0) is 6.54 Å². The van der Waals surface area contributed by atoms with E-state index in [0.717, 1.165) is 5.56 Å². The fourth-order valence-corrected chi connectivity index (χ4v) is 2.54. The highest BCUT2D eigenvalue weighted by molar-refractivity contribution is 6.29. The molecule has 0 bridgehead atoms. The molecule has 1 atom stereocenters. The molecule has 128 valence electrons. The molecule has 0 radical (unpaired) electrons. The summed E-state index contributed by atoms with van der Waals surface area (Å²) in [6.45, 7) is 0.411. The third-order valence-electron chi connectivity index (χ3n) is 3.49. The van der Waals surface area contributed by atoms with Gasteiger partial charge in [-0.15, -0.1) is 0 Å². The maximum absolute atomic E-state index is 12.4. The summed E-state index contributed by atoms with van der Waals surface area (Å²) >= 11 is 5.72. The van der Waals surface area contributed by atoms with Crippen molar-refractivity contribution < 1.29 is 13.2 Å². The van der Waals surface area contributed by atoms with Gasteiger partial charge >= 0.3 is 6.18 Å². The van der Waals surface area contributed by atoms with Gasteiger partial charge in [-0.2, -0.15) is 13.2 Å². The second kappa shape index (κ2) is 7.83. The van der Waals surface area contributed by atoms with Gasteiger partial charge < -0.3 is 10.6 Å². The lowest BCUT2D eigenvalue weighted by molar-refractivity contribution is -0.143. The highest BCUT2D eigenvalue weighted by Crippen LogP contribution is 2.19. The number of nitrogens with zero attached hydrogens (tertiary/aromatic N) is 3. The molecule has 0 amide bonds. The van der Waals surface area contributed by atoms with Gasteiger partial charge in [-0.25, -0.2) is 4.98 Å². The number of hydrogen-bond donors (Lipinski definition) is 2. The summed E-state index contributed by atoms with van der Waals surface area (Å²) in [6.07, 6.45) is -1.85. The van der Waals surface area contributed by atoms with Crippen LogP contribution in [0.1, 0.15) is 12.0 Å². The quantitative estimate of drug-likeness (QED) is 0.496. The number of pyridine rings is 1. The molecule has 1 fully saturated rings. The number of halogens is 4. The zero-order valence-electron chi connectivity index (χ0n) is 12.7. The molecule has 5 nitrogen and oxygen atoms in total. The monoisotopic (exact) mass is 349 g/mol. The Balaban J connectivity index is 1.78. The first-order chi connectivity index (χ1) is 10.9. The number of aliphatic imine (C=N–C) groups is 1. The van der Waals surface area contributed by atoms with Gasteiger partial charge in [0.15, 0.2) is 5.96 Å². The average Bonchev–Trinajstić information content (AvgIpc) is 2.90. The number of aromatic nitrogens is 1. The summed E-state index contributed by atoms with van der Waals surface area (Å²) in [5.41, 5.74) is 0.933. The molecule has 2 rings (SSSR count). The zero-order valence-corrected chi connectivity index (χ0v) is 13.5. The van der Waals surface area contributed by atoms with Gasteiger partial charge in [0.05, 0.1) is 6.54 Å². The molecule has 1 aromatic heterocycles. The number of nitrogens with one attached hydrogen (secondary N) is 2. The first kappa shape index (κ1) is 17.8. The van der Waals surface area contributed by atoms with E-state index in [9.17, 15) is 13.2 Å². The van der Waals surface area contributed by atoms with Crippen LogP contribution in [0.3, 0.4) is 0 Å². The summed E-state index contributed by atoms with van der Waals surface area (Å²) in [4.78, 5) is 9.47. The first-order valence-corrected chi connectivity index (χ1v) is 7.60. The maximum atomic E-state index is 12.4. The SMILES string of the molecule is CN=C(NCc1ccc(Cl)nc1)NC1CCN(CC(F)(F)F)C1. The highest BCUT2D eigenvalue weighted by Gasteiger charge is 2.34. The fraction of sp³-hybridized carbons (Fsp3) is 0.571. The van der Waals surface area contributed by atoms with Gasteiger partial charge in [0.2, 0.25) is 0 Å². The second-order valence-corrected chi connectivity index (χ2v) is 5.78. The molecule has 9 heteroatoms. The van der Waals surface area contributed by atoms with E-state index in [1.54, 1.807) is 19.3 Å². The van der Waals surface area contributed by atoms with Crippen LogP contribution in [0.2, 0.25) is 5.15 Å². The summed E-state index contributed by atoms with van der Waals surface area (Å²) in [5.74, 6) is 0.554. The maximum Gasteiger partial charge on any atom is 0.401 e. The van der Waals surface area contributed by atoms with Crippen molar-refractivity contribution in [2.75, 3.05) is 26.7 Å². The van der Waals surface area contributed by atoms with Crippen molar-refractivity contribution in [3.63, 3.8) is 0 Å². The number of rotatable bonds is 4. The molecule has 0 aromatic carbocycles. The van der Waals surface area contributed by atoms with E-state index in [1.807, 2.05) is 6.07 Å². The Labute approximate surface area is 137 Å². The minimum atomic E-state index is -4.16. The molecule has 1 aliphatic rings. The van der Waals surface area contributed by atoms with E-state index in [-0.39, 0.29) is 6.04 Å². The predicted molar refractivity (Wildman–Crippen MR) is 83.5 cm³/mol. The summed E-state index contributed by atoms with van der Waals surface area (Å²) in [5, 5.41) is 6.68. The number of likely N-dealkylation sites (tertiary alicyclic amines) is 1. The molecule has 23 heavy (non-hydrogen) atoms. The topological polar surface area (TPSA) is 52.6 Å². The molecular formula is C14H19ClF3N5. The lowest BCUT2D eigenvalue weighted by Crippen LogP contribution is -2.44. The third-order valence-corrected chi connectivity index (χ3v) is 3.71. The van der Waals surface area contributed by atoms with E-state index < -0.39 is 12.7 Å². The minimum absolute atomic E-state index is 0.0492. The Morgan fingerprint density at radius 3 is 2.87 bits per heavy atom. The molecule has 1 aromatic rings. The van der Waals surface area contributed by atoms with Gasteiger partial charge in [0.1, 0.15) is 5.15 Å². The van der Waals surface area contributed by atoms with E-state index in [1.165, 1.54) is 4.90 Å². The van der Waals surface area contributed by atoms with Crippen LogP contribution >= 0.6 is 11.6 Å². The van der Waals surface area contributed by atoms with Gasteiger partial charge in [-0.05, 0) is 18.1 Å². The van der Waals surface area contributed by atoms with Gasteiger partial charge in [-0.1, -0.05) is 17.7 Å². The molecule has 2 heterocycles. The van der Waals surface area contributed by atoms with E-state index in [2.05, 4.69) is 20.6 Å². The smallest absolute Gasteiger partial charge is 0.352 e. The van der Waals surface area contributed by atoms with E-state index in [4.69, 9.17) is 11.6 Å². The second-order valence-electron chi connectivity index (χ2n) is 5.40. The largest absolute Gasteiger partial charge is 0.401 e. The Morgan fingerprint density at radius 1 is 1.48 bits per heavy atom. The Morgan fingerprint density at radius 2 is 2.26 bits per heavy atom. The van der Waals surface area contributed by atoms with Crippen LogP contribution in [0.5, 0.6) is 0 Å². The summed E-state index contributed by atoms with van der Waals surface area (Å²) in [7, 11) is 1.62. The van der Waals surface area contributed by atoms with Crippen LogP contribution in [0.15, 0.2) is 23.3 Å². The van der Waals surface area contributed by atoms with Crippen LogP contribution in [0.25, 0.3) is 0 Å². The molecule has 1 unspecified atom stereocenters. The van der Waals surface area contributed by atoms with Gasteiger partial charge in [0.25, 0.3) is 0 Å². The number of alkyl halides is 3. The third kappa shape index (κ3) is 6.23. The van der Waals surface area contributed by atoms with E-state index in [0.29, 0.717) is 37.2 Å².